The van der Waals surface area contributed by atoms with Crippen LogP contribution in [0.3, 0.4) is 0 Å². The maximum Gasteiger partial charge on any atom is 0.217 e. The predicted molar refractivity (Wildman–Crippen MR) is 313 cm³/mol. The highest BCUT2D eigenvalue weighted by atomic mass is 16.8. The summed E-state index contributed by atoms with van der Waals surface area (Å²) < 4.78 is 77.9. The molecule has 7 aliphatic heterocycles. The Morgan fingerprint density at radius 1 is 0.242 bits per heavy atom. The topological polar surface area (TPSA) is 647 Å². The minimum Gasteiger partial charge on any atom is -0.394 e. The van der Waals surface area contributed by atoms with Gasteiger partial charge in [-0.2, -0.15) is 0 Å². The van der Waals surface area contributed by atoms with Crippen LogP contribution in [0.4, 0.5) is 0 Å². The number of aliphatic hydroxyl groups is 16. The van der Waals surface area contributed by atoms with E-state index in [2.05, 4.69) is 37.2 Å². The van der Waals surface area contributed by atoms with Gasteiger partial charge in [-0.25, -0.2) is 0 Å². The van der Waals surface area contributed by atoms with Crippen molar-refractivity contribution in [1.29, 1.82) is 0 Å². The molecule has 0 spiro atoms. The summed E-state index contributed by atoms with van der Waals surface area (Å²) >= 11 is 0. The van der Waals surface area contributed by atoms with Crippen molar-refractivity contribution in [1.82, 2.24) is 37.2 Å². The van der Waals surface area contributed by atoms with Gasteiger partial charge < -0.3 is 181 Å². The van der Waals surface area contributed by atoms with Crippen LogP contribution in [0.15, 0.2) is 0 Å². The molecule has 7 fully saturated rings. The molecule has 7 saturated heterocycles. The zero-order chi connectivity index (χ0) is 73.3. The number of hydrogen-bond acceptors (Lipinski definition) is 36. The molecule has 99 heavy (non-hydrogen) atoms. The van der Waals surface area contributed by atoms with Crippen LogP contribution >= 0.6 is 0 Å². The molecule has 0 aromatic heterocycles. The van der Waals surface area contributed by atoms with Gasteiger partial charge in [0.25, 0.3) is 0 Å². The zero-order valence-corrected chi connectivity index (χ0v) is 54.5. The van der Waals surface area contributed by atoms with Crippen molar-refractivity contribution in [2.45, 2.75) is 263 Å². The lowest BCUT2D eigenvalue weighted by Crippen LogP contribution is -2.72. The zero-order valence-electron chi connectivity index (χ0n) is 54.5. The van der Waals surface area contributed by atoms with Crippen LogP contribution in [0.25, 0.3) is 0 Å². The molecule has 23 N–H and O–H groups in total. The Morgan fingerprint density at radius 2 is 0.404 bits per heavy atom. The second kappa shape index (κ2) is 36.0. The van der Waals surface area contributed by atoms with Gasteiger partial charge in [-0.3, -0.25) is 33.6 Å². The third kappa shape index (κ3) is 19.1. The summed E-state index contributed by atoms with van der Waals surface area (Å²) in [5, 5.41) is 194. The second-order valence-corrected chi connectivity index (χ2v) is 24.7. The Morgan fingerprint density at radius 3 is 0.596 bits per heavy atom. The van der Waals surface area contributed by atoms with Crippen LogP contribution in [-0.4, -0.2) is 384 Å². The SMILES string of the molecule is CC(=O)N[C@@H]1[C@@H](O)[C@H](O[C@@H]2O[C@H](CO)[C@@H](O[C@@H]3O[C@H](CO)[C@@H](O[C@@H]4O[C@H](CO)[C@@H](O[C@@H]5O[C@H](CO)[C@@H](O[C@@H]6O[C@H](CO)[C@@H](O[C@@H]7O[C@H](CO)[C@@H](O)[C@H](O)[C@H]7NC(C)=O)[C@H](O)[C@H]6NC(C)=O)[C@H](O)[C@H]5NC(C)=O)[C@H](O)[C@H]4NC(C)=O)[C@H](O)[C@H]3NC(C)=O)[C@H](O)[C@H]2NC(C)=O)[C@@H](CO)O[C@H]1O. The minimum atomic E-state index is -2.13. The van der Waals surface area contributed by atoms with Crippen LogP contribution in [0.1, 0.15) is 48.5 Å². The predicted octanol–water partition coefficient (Wildman–Crippen LogP) is -15.3. The molecule has 35 atom stereocenters. The minimum absolute atomic E-state index is 0.718. The number of ether oxygens (including phenoxy) is 13. The third-order valence-electron chi connectivity index (χ3n) is 17.4. The van der Waals surface area contributed by atoms with Crippen molar-refractivity contribution in [3.05, 3.63) is 0 Å². The van der Waals surface area contributed by atoms with Crippen molar-refractivity contribution >= 4 is 41.4 Å². The number of hydrogen-bond donors (Lipinski definition) is 23. The first kappa shape index (κ1) is 81.4. The lowest BCUT2D eigenvalue weighted by molar-refractivity contribution is -0.372. The van der Waals surface area contributed by atoms with Crippen LogP contribution in [0.2, 0.25) is 0 Å². The highest BCUT2D eigenvalue weighted by molar-refractivity contribution is 5.75. The maximum atomic E-state index is 13.0. The van der Waals surface area contributed by atoms with Crippen molar-refractivity contribution in [3.8, 4) is 0 Å². The van der Waals surface area contributed by atoms with Gasteiger partial charge in [-0.1, -0.05) is 0 Å². The van der Waals surface area contributed by atoms with E-state index in [0.717, 1.165) is 48.5 Å². The number of carbonyl (C=O) groups is 7. The molecular weight excluding hydrogens is 1350 g/mol. The van der Waals surface area contributed by atoms with Gasteiger partial charge in [0.1, 0.15) is 170 Å². The Kier molecular flexibility index (Phi) is 29.6. The van der Waals surface area contributed by atoms with Gasteiger partial charge in [-0.15, -0.1) is 0 Å². The van der Waals surface area contributed by atoms with Crippen molar-refractivity contribution in [2.75, 3.05) is 46.2 Å². The fourth-order valence-electron chi connectivity index (χ4n) is 12.9. The fourth-order valence-corrected chi connectivity index (χ4v) is 12.9. The second-order valence-electron chi connectivity index (χ2n) is 24.7. The Bertz CT molecular complexity index is 2690. The molecule has 0 aliphatic carbocycles. The van der Waals surface area contributed by atoms with Crippen LogP contribution in [0.5, 0.6) is 0 Å². The number of carbonyl (C=O) groups excluding carboxylic acids is 7. The van der Waals surface area contributed by atoms with Gasteiger partial charge >= 0.3 is 0 Å². The average Bonchev–Trinajstić information content (AvgIpc) is 0.770. The van der Waals surface area contributed by atoms with E-state index in [9.17, 15) is 115 Å². The van der Waals surface area contributed by atoms with Gasteiger partial charge in [-0.05, 0) is 0 Å². The summed E-state index contributed by atoms with van der Waals surface area (Å²) in [5.74, 6) is -5.75. The normalized spacial score (nSPS) is 44.1. The van der Waals surface area contributed by atoms with E-state index < -0.39 is 302 Å². The molecule has 43 heteroatoms. The molecule has 0 aromatic carbocycles. The number of amides is 7. The molecule has 0 bridgehead atoms. The van der Waals surface area contributed by atoms with Crippen LogP contribution in [0, 0.1) is 0 Å². The molecule has 43 nitrogen and oxygen atoms in total. The van der Waals surface area contributed by atoms with Gasteiger partial charge in [0.2, 0.25) is 41.4 Å². The first-order chi connectivity index (χ1) is 46.7. The van der Waals surface area contributed by atoms with E-state index in [1.165, 1.54) is 0 Å². The number of nitrogens with one attached hydrogen (secondary N) is 7. The summed E-state index contributed by atoms with van der Waals surface area (Å²) in [7, 11) is 0. The molecule has 0 aromatic rings. The largest absolute Gasteiger partial charge is 0.394 e. The lowest BCUT2D eigenvalue weighted by atomic mass is 9.92. The molecular formula is C56H93N7O36. The summed E-state index contributed by atoms with van der Waals surface area (Å²) in [6.45, 7) is 0.0849. The molecule has 568 valence electrons. The molecule has 0 radical (unpaired) electrons. The van der Waals surface area contributed by atoms with Gasteiger partial charge in [0.15, 0.2) is 44.0 Å². The molecule has 7 amide bonds. The average molecular weight is 1440 g/mol. The first-order valence-corrected chi connectivity index (χ1v) is 31.6. The molecule has 0 saturated carbocycles. The standard InChI is InChI=1S/C56H93N7O36/c1-15(71)57-29-38(80)44(23(9-65)87-50(29)86)94-52-31(59-17(3)73)40(82)46(25(11-67)89-52)96-54-33(61-19(5)75)42(84)48(27(13-69)91-54)98-56-35(63-21(7)77)43(85)49(28(14-70)93-56)99-55-34(62-20(6)76)41(83)47(26(12-68)92-55)97-53-32(60-18(4)74)39(81)45(24(10-66)90-53)95-51-30(58-16(2)72)37(79)36(78)22(8-64)88-51/h22-56,64-70,78-86H,8-14H2,1-7H3,(H,57,71)(H,58,72)(H,59,73)(H,60,74)(H,61,75)(H,62,76)(H,63,77)/t22-,23-,24-,25-,26-,27-,28-,29-,30-,31-,32-,33-,34-,35-,36-,37-,38-,39-,40-,41-,42-,43-,44-,45-,46-,47-,48-,49-,50-,51+,52+,53+,54+,55+,56+/m1/s1. The monoisotopic (exact) mass is 1440 g/mol. The summed E-state index contributed by atoms with van der Waals surface area (Å²) in [5.41, 5.74) is 0. The highest BCUT2D eigenvalue weighted by Crippen LogP contribution is 2.38. The van der Waals surface area contributed by atoms with Crippen molar-refractivity contribution < 1.29 is 177 Å². The molecule has 0 unspecified atom stereocenters. The molecule has 7 aliphatic rings. The first-order valence-electron chi connectivity index (χ1n) is 31.6. The van der Waals surface area contributed by atoms with E-state index in [0.29, 0.717) is 0 Å². The third-order valence-corrected chi connectivity index (χ3v) is 17.4. The van der Waals surface area contributed by atoms with E-state index in [-0.39, 0.29) is 0 Å². The van der Waals surface area contributed by atoms with Crippen LogP contribution < -0.4 is 37.2 Å². The molecule has 7 rings (SSSR count). The smallest absolute Gasteiger partial charge is 0.217 e. The number of rotatable bonds is 26. The summed E-state index contributed by atoms with van der Waals surface area (Å²) in [6.07, 6.45) is -52.0. The summed E-state index contributed by atoms with van der Waals surface area (Å²) in [6, 6.07) is -12.1. The maximum absolute atomic E-state index is 13.0. The van der Waals surface area contributed by atoms with Crippen molar-refractivity contribution in [3.63, 3.8) is 0 Å². The molecule has 7 heterocycles. The highest BCUT2D eigenvalue weighted by Gasteiger charge is 2.60. The van der Waals surface area contributed by atoms with Gasteiger partial charge in [0.05, 0.1) is 46.2 Å². The van der Waals surface area contributed by atoms with Gasteiger partial charge in [0, 0.05) is 48.5 Å². The van der Waals surface area contributed by atoms with E-state index in [4.69, 9.17) is 61.6 Å². The Labute approximate surface area is 563 Å². The van der Waals surface area contributed by atoms with E-state index in [1.807, 2.05) is 0 Å². The van der Waals surface area contributed by atoms with Crippen molar-refractivity contribution in [2.24, 2.45) is 0 Å². The Balaban J connectivity index is 1.10. The summed E-state index contributed by atoms with van der Waals surface area (Å²) in [4.78, 5) is 88.3. The Hall–Kier alpha value is -4.87. The van der Waals surface area contributed by atoms with E-state index >= 15 is 0 Å². The van der Waals surface area contributed by atoms with Crippen LogP contribution in [-0.2, 0) is 95.1 Å². The lowest BCUT2D eigenvalue weighted by Gasteiger charge is -2.52. The quantitative estimate of drug-likeness (QED) is 0.0382. The van der Waals surface area contributed by atoms with E-state index in [1.54, 1.807) is 0 Å². The fraction of sp³-hybridized carbons (Fsp3) is 0.875. The number of aliphatic hydroxyl groups excluding tert-OH is 16.